The highest BCUT2D eigenvalue weighted by molar-refractivity contribution is 6.18. The first-order valence-corrected chi connectivity index (χ1v) is 4.58. The normalized spacial score (nSPS) is 10.2. The van der Waals surface area contributed by atoms with Crippen LogP contribution in [0.5, 0.6) is 0 Å². The summed E-state index contributed by atoms with van der Waals surface area (Å²) in [7, 11) is 0. The van der Waals surface area contributed by atoms with Crippen molar-refractivity contribution in [3.8, 4) is 0 Å². The van der Waals surface area contributed by atoms with Crippen LogP contribution < -0.4 is 0 Å². The van der Waals surface area contributed by atoms with E-state index in [0.29, 0.717) is 11.8 Å². The fraction of sp³-hybridized carbons (Fsp3) is 0.375. The highest BCUT2D eigenvalue weighted by Gasteiger charge is 2.06. The predicted molar refractivity (Wildman–Crippen MR) is 49.8 cm³/mol. The molecule has 0 aliphatic carbocycles. The van der Waals surface area contributed by atoms with Crippen LogP contribution in [-0.2, 0) is 11.8 Å². The van der Waals surface area contributed by atoms with Crippen molar-refractivity contribution in [1.82, 2.24) is 4.57 Å². The first kappa shape index (κ1) is 9.62. The lowest BCUT2D eigenvalue weighted by molar-refractivity contribution is 0.0936. The Morgan fingerprint density at radius 1 is 1.33 bits per heavy atom. The van der Waals surface area contributed by atoms with Gasteiger partial charge < -0.3 is 0 Å². The second kappa shape index (κ2) is 3.97. The molecular weight excluding hydrogens is 197 g/mol. The minimum Gasteiger partial charge on any atom is -0.294 e. The molecule has 0 radical (unpaired) electrons. The lowest BCUT2D eigenvalue weighted by Crippen LogP contribution is -2.01. The van der Waals surface area contributed by atoms with E-state index in [4.69, 9.17) is 23.2 Å². The summed E-state index contributed by atoms with van der Waals surface area (Å²) in [6.45, 7) is 1.50. The number of hydrogen-bond acceptors (Lipinski definition) is 1. The van der Waals surface area contributed by atoms with Gasteiger partial charge in [0.1, 0.15) is 0 Å². The topological polar surface area (TPSA) is 22.0 Å². The van der Waals surface area contributed by atoms with Crippen LogP contribution in [0, 0.1) is 0 Å². The summed E-state index contributed by atoms with van der Waals surface area (Å²) in [4.78, 5) is 10.9. The first-order chi connectivity index (χ1) is 5.69. The average molecular weight is 206 g/mol. The maximum atomic E-state index is 10.9. The van der Waals surface area contributed by atoms with Crippen molar-refractivity contribution >= 4 is 29.1 Å². The van der Waals surface area contributed by atoms with E-state index < -0.39 is 0 Å². The molecule has 0 saturated heterocycles. The predicted octanol–water partition coefficient (Wildman–Crippen LogP) is 2.63. The van der Waals surface area contributed by atoms with Crippen molar-refractivity contribution < 1.29 is 4.79 Å². The molecule has 66 valence electrons. The van der Waals surface area contributed by atoms with Crippen molar-refractivity contribution in [2.24, 2.45) is 0 Å². The molecule has 12 heavy (non-hydrogen) atoms. The van der Waals surface area contributed by atoms with Gasteiger partial charge in [0.15, 0.2) is 0 Å². The lowest BCUT2D eigenvalue weighted by atomic mass is 10.2. The molecule has 1 rings (SSSR count). The molecule has 0 aromatic carbocycles. The molecule has 0 amide bonds. The van der Waals surface area contributed by atoms with Gasteiger partial charge in [-0.05, 0) is 11.1 Å². The second-order valence-electron chi connectivity index (χ2n) is 2.50. The van der Waals surface area contributed by atoms with E-state index in [1.165, 1.54) is 11.5 Å². The number of alkyl halides is 2. The zero-order valence-corrected chi connectivity index (χ0v) is 8.19. The number of carbonyl (C=O) groups excluding carboxylic acids is 1. The summed E-state index contributed by atoms with van der Waals surface area (Å²) >= 11 is 11.3. The number of nitrogens with zero attached hydrogens (tertiary/aromatic N) is 1. The van der Waals surface area contributed by atoms with Crippen molar-refractivity contribution in [1.29, 1.82) is 0 Å². The van der Waals surface area contributed by atoms with Crippen molar-refractivity contribution in [2.75, 3.05) is 0 Å². The first-order valence-electron chi connectivity index (χ1n) is 3.51. The van der Waals surface area contributed by atoms with Crippen LogP contribution in [0.4, 0.5) is 0 Å². The van der Waals surface area contributed by atoms with Gasteiger partial charge in [-0.2, -0.15) is 0 Å². The molecule has 2 nitrogen and oxygen atoms in total. The Bertz CT molecular complexity index is 272. The van der Waals surface area contributed by atoms with Gasteiger partial charge in [0.05, 0.1) is 0 Å². The van der Waals surface area contributed by atoms with Gasteiger partial charge in [-0.15, -0.1) is 23.2 Å². The van der Waals surface area contributed by atoms with E-state index in [1.54, 1.807) is 12.4 Å². The smallest absolute Gasteiger partial charge is 0.227 e. The Morgan fingerprint density at radius 2 is 1.75 bits per heavy atom. The Hall–Kier alpha value is -0.470. The highest BCUT2D eigenvalue weighted by atomic mass is 35.5. The molecular formula is C8H9Cl2NO. The molecule has 0 saturated carbocycles. The van der Waals surface area contributed by atoms with Gasteiger partial charge in [0.2, 0.25) is 5.91 Å². The maximum absolute atomic E-state index is 10.9. The molecule has 0 fully saturated rings. The third kappa shape index (κ3) is 1.82. The van der Waals surface area contributed by atoms with Gasteiger partial charge >= 0.3 is 0 Å². The number of aromatic nitrogens is 1. The Kier molecular flexibility index (Phi) is 3.18. The van der Waals surface area contributed by atoms with E-state index in [9.17, 15) is 4.79 Å². The summed E-state index contributed by atoms with van der Waals surface area (Å²) in [5.74, 6) is 0.753. The molecule has 0 atom stereocenters. The monoisotopic (exact) mass is 205 g/mol. The van der Waals surface area contributed by atoms with E-state index in [1.807, 2.05) is 0 Å². The molecule has 0 bridgehead atoms. The van der Waals surface area contributed by atoms with Crippen molar-refractivity contribution in [3.05, 3.63) is 23.5 Å². The Morgan fingerprint density at radius 3 is 2.00 bits per heavy atom. The third-order valence-corrected chi connectivity index (χ3v) is 2.23. The van der Waals surface area contributed by atoms with Crippen LogP contribution in [0.3, 0.4) is 0 Å². The van der Waals surface area contributed by atoms with Gasteiger partial charge in [-0.25, -0.2) is 0 Å². The molecule has 0 spiro atoms. The number of rotatable bonds is 2. The summed E-state index contributed by atoms with van der Waals surface area (Å²) < 4.78 is 1.50. The molecule has 1 aromatic rings. The van der Waals surface area contributed by atoms with Crippen LogP contribution in [-0.4, -0.2) is 10.5 Å². The number of hydrogen-bond donors (Lipinski definition) is 0. The van der Waals surface area contributed by atoms with Crippen LogP contribution in [0.2, 0.25) is 0 Å². The third-order valence-electron chi connectivity index (χ3n) is 1.65. The van der Waals surface area contributed by atoms with Crippen molar-refractivity contribution in [3.63, 3.8) is 0 Å². The molecule has 0 aliphatic heterocycles. The fourth-order valence-electron chi connectivity index (χ4n) is 0.961. The molecule has 4 heteroatoms. The summed E-state index contributed by atoms with van der Waals surface area (Å²) in [5, 5.41) is 0. The Balaban J connectivity index is 3.05. The summed E-state index contributed by atoms with van der Waals surface area (Å²) in [6.07, 6.45) is 3.43. The minimum atomic E-state index is -0.0299. The minimum absolute atomic E-state index is 0.0299. The van der Waals surface area contributed by atoms with Crippen LogP contribution in [0.1, 0.15) is 22.8 Å². The second-order valence-corrected chi connectivity index (χ2v) is 3.04. The van der Waals surface area contributed by atoms with E-state index in [2.05, 4.69) is 0 Å². The lowest BCUT2D eigenvalue weighted by Gasteiger charge is -1.90. The molecule has 1 heterocycles. The van der Waals surface area contributed by atoms with Gasteiger partial charge in [0.25, 0.3) is 0 Å². The zero-order chi connectivity index (χ0) is 9.14. The molecule has 0 unspecified atom stereocenters. The summed E-state index contributed by atoms with van der Waals surface area (Å²) in [6, 6.07) is 0. The van der Waals surface area contributed by atoms with E-state index >= 15 is 0 Å². The number of halogens is 2. The molecule has 0 N–H and O–H groups in total. The van der Waals surface area contributed by atoms with Gasteiger partial charge in [-0.1, -0.05) is 0 Å². The van der Waals surface area contributed by atoms with Gasteiger partial charge in [0, 0.05) is 31.1 Å². The van der Waals surface area contributed by atoms with Crippen LogP contribution in [0.25, 0.3) is 0 Å². The largest absolute Gasteiger partial charge is 0.294 e. The average Bonchev–Trinajstić information content (AvgIpc) is 2.46. The number of carbonyl (C=O) groups is 1. The van der Waals surface area contributed by atoms with Crippen LogP contribution in [0.15, 0.2) is 12.4 Å². The van der Waals surface area contributed by atoms with E-state index in [-0.39, 0.29) is 5.91 Å². The van der Waals surface area contributed by atoms with Crippen molar-refractivity contribution in [2.45, 2.75) is 18.7 Å². The maximum Gasteiger partial charge on any atom is 0.227 e. The van der Waals surface area contributed by atoms with Gasteiger partial charge in [-0.3, -0.25) is 9.36 Å². The van der Waals surface area contributed by atoms with E-state index in [0.717, 1.165) is 11.1 Å². The SMILES string of the molecule is CC(=O)n1cc(CCl)c(CCl)c1. The highest BCUT2D eigenvalue weighted by Crippen LogP contribution is 2.15. The standard InChI is InChI=1S/C8H9Cl2NO/c1-6(12)11-4-7(2-9)8(3-10)5-11/h4-5H,2-3H2,1H3. The zero-order valence-electron chi connectivity index (χ0n) is 6.68. The fourth-order valence-corrected chi connectivity index (χ4v) is 1.44. The summed E-state index contributed by atoms with van der Waals surface area (Å²) in [5.41, 5.74) is 1.84. The van der Waals surface area contributed by atoms with Crippen LogP contribution >= 0.6 is 23.2 Å². The molecule has 1 aromatic heterocycles. The molecule has 0 aliphatic rings. The Labute approximate surface area is 81.1 Å². The quantitative estimate of drug-likeness (QED) is 0.681.